The van der Waals surface area contributed by atoms with Crippen LogP contribution in [-0.2, 0) is 13.0 Å². The Morgan fingerprint density at radius 2 is 2.08 bits per heavy atom. The number of phenolic OH excluding ortho intramolecular Hbond substituents is 1. The van der Waals surface area contributed by atoms with Crippen LogP contribution in [0.1, 0.15) is 11.1 Å². The van der Waals surface area contributed by atoms with Crippen molar-refractivity contribution in [3.05, 3.63) is 29.3 Å². The van der Waals surface area contributed by atoms with Gasteiger partial charge in [-0.05, 0) is 36.2 Å². The summed E-state index contributed by atoms with van der Waals surface area (Å²) in [6.07, 6.45) is 1.03. The molecule has 0 fully saturated rings. The van der Waals surface area contributed by atoms with Gasteiger partial charge in [0.05, 0.1) is 0 Å². The number of nitrogens with one attached hydrogen (secondary N) is 1. The number of aromatic hydroxyl groups is 1. The van der Waals surface area contributed by atoms with E-state index in [0.29, 0.717) is 5.75 Å². The van der Waals surface area contributed by atoms with Gasteiger partial charge in [-0.1, -0.05) is 6.07 Å². The van der Waals surface area contributed by atoms with Gasteiger partial charge in [0.15, 0.2) is 0 Å². The van der Waals surface area contributed by atoms with Gasteiger partial charge < -0.3 is 10.4 Å². The molecule has 0 saturated carbocycles. The molecule has 0 unspecified atom stereocenters. The van der Waals surface area contributed by atoms with Crippen LogP contribution in [0.3, 0.4) is 0 Å². The Bertz CT molecular complexity index is 275. The summed E-state index contributed by atoms with van der Waals surface area (Å²) in [7, 11) is 0. The van der Waals surface area contributed by atoms with Crippen molar-refractivity contribution in [2.45, 2.75) is 13.0 Å². The number of hydrogen-bond acceptors (Lipinski definition) is 2. The Kier molecular flexibility index (Phi) is 3.12. The molecule has 2 nitrogen and oxygen atoms in total. The molecule has 2 rings (SSSR count). The van der Waals surface area contributed by atoms with E-state index in [1.807, 2.05) is 12.1 Å². The number of fused-ring (bicyclic) bond motifs is 1. The van der Waals surface area contributed by atoms with Crippen molar-refractivity contribution in [3.63, 3.8) is 0 Å². The van der Waals surface area contributed by atoms with E-state index < -0.39 is 0 Å². The van der Waals surface area contributed by atoms with Gasteiger partial charge >= 0.3 is 0 Å². The quantitative estimate of drug-likeness (QED) is 0.709. The fourth-order valence-electron chi connectivity index (χ4n) is 1.46. The minimum atomic E-state index is 0. The smallest absolute Gasteiger partial charge is 0.115 e. The topological polar surface area (TPSA) is 32.3 Å². The average molecular weight is 230 g/mol. The average Bonchev–Trinajstić information content (AvgIpc) is 2.04. The van der Waals surface area contributed by atoms with Crippen LogP contribution in [0.25, 0.3) is 0 Å². The molecular weight excluding hydrogens is 218 g/mol. The first kappa shape index (κ1) is 9.55. The molecule has 2 N–H and O–H groups in total. The standard InChI is InChI=1S/C9H11NO.BrH/c11-9-2-1-8-6-10-4-3-7(8)5-9;/h1-2,5,10-11H,3-4,6H2;1H. The summed E-state index contributed by atoms with van der Waals surface area (Å²) in [5.74, 6) is 0.380. The van der Waals surface area contributed by atoms with E-state index in [1.165, 1.54) is 11.1 Å². The Morgan fingerprint density at radius 1 is 1.25 bits per heavy atom. The molecule has 0 bridgehead atoms. The molecule has 66 valence electrons. The molecule has 0 amide bonds. The summed E-state index contributed by atoms with van der Waals surface area (Å²) < 4.78 is 0. The summed E-state index contributed by atoms with van der Waals surface area (Å²) in [6.45, 7) is 1.96. The number of benzene rings is 1. The Labute approximate surface area is 82.4 Å². The highest BCUT2D eigenvalue weighted by Gasteiger charge is 2.07. The van der Waals surface area contributed by atoms with Crippen LogP contribution in [0.15, 0.2) is 18.2 Å². The molecule has 0 aliphatic carbocycles. The van der Waals surface area contributed by atoms with Crippen molar-refractivity contribution in [1.82, 2.24) is 5.32 Å². The van der Waals surface area contributed by atoms with Gasteiger partial charge in [0.2, 0.25) is 0 Å². The molecule has 0 radical (unpaired) electrons. The van der Waals surface area contributed by atoms with Crippen LogP contribution >= 0.6 is 17.0 Å². The minimum absolute atomic E-state index is 0. The number of phenols is 1. The fourth-order valence-corrected chi connectivity index (χ4v) is 1.46. The fraction of sp³-hybridized carbons (Fsp3) is 0.333. The Balaban J connectivity index is 0.000000720. The monoisotopic (exact) mass is 229 g/mol. The molecule has 0 spiro atoms. The molecule has 0 saturated heterocycles. The second kappa shape index (κ2) is 3.92. The molecule has 12 heavy (non-hydrogen) atoms. The maximum atomic E-state index is 9.17. The van der Waals surface area contributed by atoms with Crippen molar-refractivity contribution in [3.8, 4) is 5.75 Å². The van der Waals surface area contributed by atoms with Crippen LogP contribution in [0.5, 0.6) is 5.75 Å². The Morgan fingerprint density at radius 3 is 2.92 bits per heavy atom. The van der Waals surface area contributed by atoms with E-state index in [9.17, 15) is 0 Å². The van der Waals surface area contributed by atoms with Crippen molar-refractivity contribution >= 4 is 17.0 Å². The lowest BCUT2D eigenvalue weighted by atomic mass is 10.0. The second-order valence-electron chi connectivity index (χ2n) is 2.88. The van der Waals surface area contributed by atoms with Gasteiger partial charge in [0, 0.05) is 6.54 Å². The molecule has 0 atom stereocenters. The summed E-state index contributed by atoms with van der Waals surface area (Å²) in [6, 6.07) is 5.58. The lowest BCUT2D eigenvalue weighted by Gasteiger charge is -2.16. The molecule has 1 heterocycles. The summed E-state index contributed by atoms with van der Waals surface area (Å²) >= 11 is 0. The van der Waals surface area contributed by atoms with E-state index in [0.717, 1.165) is 19.5 Å². The van der Waals surface area contributed by atoms with E-state index in [1.54, 1.807) is 6.07 Å². The van der Waals surface area contributed by atoms with Gasteiger partial charge in [-0.3, -0.25) is 0 Å². The lowest BCUT2D eigenvalue weighted by molar-refractivity contribution is 0.473. The number of hydrogen-bond donors (Lipinski definition) is 2. The maximum absolute atomic E-state index is 9.17. The lowest BCUT2D eigenvalue weighted by Crippen LogP contribution is -2.23. The maximum Gasteiger partial charge on any atom is 0.115 e. The predicted octanol–water partition coefficient (Wildman–Crippen LogP) is 1.62. The normalized spacial score (nSPS) is 14.7. The van der Waals surface area contributed by atoms with E-state index in [4.69, 9.17) is 5.11 Å². The molecule has 1 aliphatic heterocycles. The minimum Gasteiger partial charge on any atom is -0.508 e. The second-order valence-corrected chi connectivity index (χ2v) is 2.88. The first-order valence-corrected chi connectivity index (χ1v) is 3.88. The van der Waals surface area contributed by atoms with E-state index in [-0.39, 0.29) is 17.0 Å². The largest absolute Gasteiger partial charge is 0.508 e. The summed E-state index contributed by atoms with van der Waals surface area (Å²) in [5.41, 5.74) is 2.60. The first-order chi connectivity index (χ1) is 5.36. The van der Waals surface area contributed by atoms with E-state index >= 15 is 0 Å². The first-order valence-electron chi connectivity index (χ1n) is 3.88. The third-order valence-corrected chi connectivity index (χ3v) is 2.08. The predicted molar refractivity (Wildman–Crippen MR) is 53.8 cm³/mol. The zero-order chi connectivity index (χ0) is 7.68. The van der Waals surface area contributed by atoms with Crippen molar-refractivity contribution < 1.29 is 5.11 Å². The summed E-state index contributed by atoms with van der Waals surface area (Å²) in [5, 5.41) is 12.4. The van der Waals surface area contributed by atoms with Gasteiger partial charge in [0.25, 0.3) is 0 Å². The number of rotatable bonds is 0. The van der Waals surface area contributed by atoms with Crippen LogP contribution in [0, 0.1) is 0 Å². The highest BCUT2D eigenvalue weighted by Crippen LogP contribution is 2.18. The van der Waals surface area contributed by atoms with Crippen molar-refractivity contribution in [2.75, 3.05) is 6.54 Å². The Hall–Kier alpha value is -0.540. The molecule has 1 aromatic rings. The zero-order valence-electron chi connectivity index (χ0n) is 6.71. The van der Waals surface area contributed by atoms with Crippen molar-refractivity contribution in [1.29, 1.82) is 0 Å². The molecule has 0 aromatic heterocycles. The zero-order valence-corrected chi connectivity index (χ0v) is 8.42. The van der Waals surface area contributed by atoms with Crippen LogP contribution in [0.4, 0.5) is 0 Å². The molecule has 3 heteroatoms. The molecule has 1 aliphatic rings. The molecule has 1 aromatic carbocycles. The highest BCUT2D eigenvalue weighted by atomic mass is 79.9. The van der Waals surface area contributed by atoms with Gasteiger partial charge in [-0.25, -0.2) is 0 Å². The van der Waals surface area contributed by atoms with Gasteiger partial charge in [-0.2, -0.15) is 0 Å². The van der Waals surface area contributed by atoms with Crippen LogP contribution < -0.4 is 5.32 Å². The third-order valence-electron chi connectivity index (χ3n) is 2.08. The molecular formula is C9H12BrNO. The van der Waals surface area contributed by atoms with Crippen LogP contribution in [0.2, 0.25) is 0 Å². The van der Waals surface area contributed by atoms with Gasteiger partial charge in [-0.15, -0.1) is 17.0 Å². The third kappa shape index (κ3) is 1.79. The highest BCUT2D eigenvalue weighted by molar-refractivity contribution is 8.93. The summed E-state index contributed by atoms with van der Waals surface area (Å²) in [4.78, 5) is 0. The van der Waals surface area contributed by atoms with Crippen molar-refractivity contribution in [2.24, 2.45) is 0 Å². The SMILES string of the molecule is Br.Oc1ccc2c(c1)CCNC2. The van der Waals surface area contributed by atoms with Crippen LogP contribution in [-0.4, -0.2) is 11.7 Å². The number of halogens is 1. The van der Waals surface area contributed by atoms with E-state index in [2.05, 4.69) is 5.32 Å². The van der Waals surface area contributed by atoms with Gasteiger partial charge in [0.1, 0.15) is 5.75 Å².